The van der Waals surface area contributed by atoms with Gasteiger partial charge in [-0.25, -0.2) is 0 Å². The predicted octanol–water partition coefficient (Wildman–Crippen LogP) is 0.410. The quantitative estimate of drug-likeness (QED) is 0.259. The number of benzene rings is 2. The summed E-state index contributed by atoms with van der Waals surface area (Å²) < 4.78 is 0. The van der Waals surface area contributed by atoms with Crippen molar-refractivity contribution in [3.63, 3.8) is 0 Å². The van der Waals surface area contributed by atoms with Crippen LogP contribution in [-0.2, 0) is 0 Å². The van der Waals surface area contributed by atoms with Crippen LogP contribution >= 0.6 is 0 Å². The molecule has 10 heteroatoms. The lowest BCUT2D eigenvalue weighted by molar-refractivity contribution is 0.324. The summed E-state index contributed by atoms with van der Waals surface area (Å²) in [5, 5.41) is 95.0. The van der Waals surface area contributed by atoms with Crippen molar-refractivity contribution in [1.29, 1.82) is 0 Å². The molecule has 0 aromatic heterocycles. The first-order chi connectivity index (χ1) is 10.1. The fourth-order valence-electron chi connectivity index (χ4n) is 1.84. The van der Waals surface area contributed by atoms with Crippen molar-refractivity contribution in [2.45, 2.75) is 0 Å². The zero-order valence-corrected chi connectivity index (χ0v) is 10.5. The lowest BCUT2D eigenvalue weighted by Crippen LogP contribution is -1.88. The van der Waals surface area contributed by atoms with Crippen LogP contribution in [0.4, 0.5) is 0 Å². The van der Waals surface area contributed by atoms with Gasteiger partial charge in [0.25, 0.3) is 0 Å². The number of phenols is 10. The molecular formula is C12H10O10. The topological polar surface area (TPSA) is 202 Å². The van der Waals surface area contributed by atoms with E-state index in [1.807, 2.05) is 0 Å². The molecule has 0 amide bonds. The summed E-state index contributed by atoms with van der Waals surface area (Å²) >= 11 is 0. The molecule has 118 valence electrons. The van der Waals surface area contributed by atoms with E-state index in [-0.39, 0.29) is 0 Å². The van der Waals surface area contributed by atoms with Crippen LogP contribution in [0.5, 0.6) is 57.5 Å². The zero-order valence-electron chi connectivity index (χ0n) is 10.5. The maximum Gasteiger partial charge on any atom is 0.208 e. The Balaban J connectivity index is 3.03. The Morgan fingerprint density at radius 3 is 0.545 bits per heavy atom. The molecule has 0 radical (unpaired) electrons. The Hall–Kier alpha value is -3.56. The second kappa shape index (κ2) is 4.48. The summed E-state index contributed by atoms with van der Waals surface area (Å²) in [6, 6.07) is 0. The number of rotatable bonds is 1. The second-order valence-corrected chi connectivity index (χ2v) is 4.24. The average Bonchev–Trinajstić information content (AvgIpc) is 2.50. The Morgan fingerprint density at radius 1 is 0.227 bits per heavy atom. The van der Waals surface area contributed by atoms with Gasteiger partial charge in [-0.05, 0) is 0 Å². The molecule has 2 aromatic rings. The van der Waals surface area contributed by atoms with E-state index in [0.717, 1.165) is 0 Å². The average molecular weight is 314 g/mol. The highest BCUT2D eigenvalue weighted by Gasteiger charge is 2.32. The first-order valence-electron chi connectivity index (χ1n) is 5.49. The van der Waals surface area contributed by atoms with Crippen LogP contribution in [0.15, 0.2) is 0 Å². The molecule has 0 aliphatic heterocycles. The molecule has 0 atom stereocenters. The number of hydrogen-bond donors (Lipinski definition) is 10. The molecule has 10 N–H and O–H groups in total. The maximum absolute atomic E-state index is 9.71. The molecule has 0 heterocycles. The fourth-order valence-corrected chi connectivity index (χ4v) is 1.84. The first kappa shape index (κ1) is 14.8. The molecule has 10 nitrogen and oxygen atoms in total. The Kier molecular flexibility index (Phi) is 3.02. The third-order valence-electron chi connectivity index (χ3n) is 2.99. The predicted molar refractivity (Wildman–Crippen MR) is 68.5 cm³/mol. The minimum Gasteiger partial charge on any atom is -0.504 e. The van der Waals surface area contributed by atoms with E-state index < -0.39 is 68.6 Å². The largest absolute Gasteiger partial charge is 0.504 e. The monoisotopic (exact) mass is 314 g/mol. The van der Waals surface area contributed by atoms with E-state index in [4.69, 9.17) is 0 Å². The van der Waals surface area contributed by atoms with Gasteiger partial charge in [0.15, 0.2) is 23.0 Å². The summed E-state index contributed by atoms with van der Waals surface area (Å²) in [6.45, 7) is 0. The fraction of sp³-hybridized carbons (Fsp3) is 0. The van der Waals surface area contributed by atoms with Crippen molar-refractivity contribution >= 4 is 0 Å². The van der Waals surface area contributed by atoms with E-state index in [2.05, 4.69) is 0 Å². The van der Waals surface area contributed by atoms with Gasteiger partial charge >= 0.3 is 0 Å². The van der Waals surface area contributed by atoms with Gasteiger partial charge in [0.1, 0.15) is 0 Å². The van der Waals surface area contributed by atoms with Crippen LogP contribution < -0.4 is 0 Å². The molecule has 0 aliphatic rings. The van der Waals surface area contributed by atoms with Crippen molar-refractivity contribution in [3.8, 4) is 68.6 Å². The van der Waals surface area contributed by atoms with Crippen molar-refractivity contribution in [2.24, 2.45) is 0 Å². The Morgan fingerprint density at radius 2 is 0.364 bits per heavy atom. The summed E-state index contributed by atoms with van der Waals surface area (Å²) in [7, 11) is 0. The summed E-state index contributed by atoms with van der Waals surface area (Å²) in [4.78, 5) is 0. The highest BCUT2D eigenvalue weighted by Crippen LogP contribution is 2.62. The molecule has 0 aliphatic carbocycles. The van der Waals surface area contributed by atoms with Gasteiger partial charge in [-0.2, -0.15) is 0 Å². The normalized spacial score (nSPS) is 10.7. The van der Waals surface area contributed by atoms with E-state index in [9.17, 15) is 51.1 Å². The maximum atomic E-state index is 9.71. The van der Waals surface area contributed by atoms with Gasteiger partial charge in [-0.1, -0.05) is 0 Å². The van der Waals surface area contributed by atoms with Gasteiger partial charge in [0.2, 0.25) is 34.5 Å². The van der Waals surface area contributed by atoms with Crippen LogP contribution in [0.2, 0.25) is 0 Å². The minimum atomic E-state index is -1.31. The van der Waals surface area contributed by atoms with Crippen molar-refractivity contribution < 1.29 is 51.1 Å². The number of phenolic OH excluding ortho intramolecular Hbond substituents is 10. The number of aromatic hydroxyl groups is 10. The van der Waals surface area contributed by atoms with Crippen LogP contribution in [0.25, 0.3) is 11.1 Å². The van der Waals surface area contributed by atoms with E-state index in [1.54, 1.807) is 0 Å². The van der Waals surface area contributed by atoms with E-state index in [1.165, 1.54) is 0 Å². The summed E-state index contributed by atoms with van der Waals surface area (Å²) in [5.41, 5.74) is -2.04. The SMILES string of the molecule is Oc1c(O)c(O)c(-c2c(O)c(O)c(O)c(O)c2O)c(O)c1O. The van der Waals surface area contributed by atoms with Gasteiger partial charge in [0.05, 0.1) is 11.1 Å². The van der Waals surface area contributed by atoms with Crippen molar-refractivity contribution in [2.75, 3.05) is 0 Å². The Bertz CT molecular complexity index is 670. The third kappa shape index (κ3) is 1.67. The molecule has 2 aromatic carbocycles. The molecular weight excluding hydrogens is 304 g/mol. The minimum absolute atomic E-state index is 1.02. The van der Waals surface area contributed by atoms with Gasteiger partial charge in [0, 0.05) is 0 Å². The van der Waals surface area contributed by atoms with Crippen LogP contribution in [-0.4, -0.2) is 51.1 Å². The van der Waals surface area contributed by atoms with Crippen molar-refractivity contribution in [1.82, 2.24) is 0 Å². The third-order valence-corrected chi connectivity index (χ3v) is 2.99. The van der Waals surface area contributed by atoms with Gasteiger partial charge in [-0.3, -0.25) is 0 Å². The lowest BCUT2D eigenvalue weighted by Gasteiger charge is -2.16. The van der Waals surface area contributed by atoms with Crippen LogP contribution in [0.1, 0.15) is 0 Å². The molecule has 0 saturated heterocycles. The molecule has 22 heavy (non-hydrogen) atoms. The molecule has 0 spiro atoms. The van der Waals surface area contributed by atoms with E-state index in [0.29, 0.717) is 0 Å². The number of hydrogen-bond acceptors (Lipinski definition) is 10. The smallest absolute Gasteiger partial charge is 0.208 e. The standard InChI is InChI=1S/C12H10O10/c13-3-1(4(14)8(18)11(21)7(3)17)2-5(15)9(19)12(22)10(20)6(2)16/h13-22H. The van der Waals surface area contributed by atoms with E-state index >= 15 is 0 Å². The lowest BCUT2D eigenvalue weighted by atomic mass is 9.98. The van der Waals surface area contributed by atoms with Gasteiger partial charge in [-0.15, -0.1) is 0 Å². The second-order valence-electron chi connectivity index (χ2n) is 4.24. The highest BCUT2D eigenvalue weighted by atomic mass is 16.4. The van der Waals surface area contributed by atoms with Crippen molar-refractivity contribution in [3.05, 3.63) is 0 Å². The van der Waals surface area contributed by atoms with Gasteiger partial charge < -0.3 is 51.1 Å². The van der Waals surface area contributed by atoms with Crippen LogP contribution in [0, 0.1) is 0 Å². The Labute approximate surface area is 120 Å². The molecule has 0 fully saturated rings. The first-order valence-corrected chi connectivity index (χ1v) is 5.49. The zero-order chi connectivity index (χ0) is 16.9. The highest BCUT2D eigenvalue weighted by molar-refractivity contribution is 5.94. The molecule has 0 saturated carbocycles. The van der Waals surface area contributed by atoms with Crippen LogP contribution in [0.3, 0.4) is 0 Å². The summed E-state index contributed by atoms with van der Waals surface area (Å²) in [5.74, 6) is -13.0. The molecule has 0 unspecified atom stereocenters. The molecule has 0 bridgehead atoms. The summed E-state index contributed by atoms with van der Waals surface area (Å²) in [6.07, 6.45) is 0. The molecule has 2 rings (SSSR count).